The molecule has 0 amide bonds. The van der Waals surface area contributed by atoms with E-state index in [-0.39, 0.29) is 11.4 Å². The van der Waals surface area contributed by atoms with E-state index in [1.165, 1.54) is 36.0 Å². The summed E-state index contributed by atoms with van der Waals surface area (Å²) in [7, 11) is 0. The second kappa shape index (κ2) is 10.6. The lowest BCUT2D eigenvalue weighted by atomic mass is 9.77. The van der Waals surface area contributed by atoms with E-state index in [4.69, 9.17) is 5.26 Å². The fourth-order valence-corrected chi connectivity index (χ4v) is 5.13. The average molecular weight is 426 g/mol. The van der Waals surface area contributed by atoms with Crippen molar-refractivity contribution in [1.29, 1.82) is 5.26 Å². The van der Waals surface area contributed by atoms with Crippen LogP contribution in [0.3, 0.4) is 0 Å². The number of aryl methyl sites for hydroxylation is 1. The molecule has 0 heterocycles. The van der Waals surface area contributed by atoms with E-state index in [0.29, 0.717) is 11.8 Å². The van der Waals surface area contributed by atoms with Crippen molar-refractivity contribution in [3.05, 3.63) is 106 Å². The maximum Gasteiger partial charge on any atom is 0.141 e. The van der Waals surface area contributed by atoms with Crippen LogP contribution in [-0.4, -0.2) is 0 Å². The van der Waals surface area contributed by atoms with Gasteiger partial charge in [-0.1, -0.05) is 67.6 Å². The average Bonchev–Trinajstić information content (AvgIpc) is 2.84. The quantitative estimate of drug-likeness (QED) is 0.377. The van der Waals surface area contributed by atoms with E-state index >= 15 is 0 Å². The van der Waals surface area contributed by atoms with Crippen molar-refractivity contribution in [3.63, 3.8) is 0 Å². The largest absolute Gasteiger partial charge is 0.206 e. The predicted molar refractivity (Wildman–Crippen MR) is 129 cm³/mol. The first-order chi connectivity index (χ1) is 15.6. The topological polar surface area (TPSA) is 23.8 Å². The molecule has 3 aromatic carbocycles. The molecule has 4 rings (SSSR count). The third-order valence-electron chi connectivity index (χ3n) is 7.21. The molecule has 0 radical (unpaired) electrons. The molecule has 32 heavy (non-hydrogen) atoms. The normalized spacial score (nSPS) is 19.3. The molecule has 0 N–H and O–H groups in total. The highest BCUT2D eigenvalue weighted by Crippen LogP contribution is 2.38. The zero-order valence-electron chi connectivity index (χ0n) is 18.9. The predicted octanol–water partition coefficient (Wildman–Crippen LogP) is 7.95. The Morgan fingerprint density at radius 1 is 0.906 bits per heavy atom. The van der Waals surface area contributed by atoms with E-state index in [0.717, 1.165) is 37.2 Å². The molecule has 0 spiro atoms. The van der Waals surface area contributed by atoms with Gasteiger partial charge >= 0.3 is 0 Å². The number of hydrogen-bond donors (Lipinski definition) is 0. The molecule has 1 atom stereocenters. The van der Waals surface area contributed by atoms with Crippen LogP contribution in [0.1, 0.15) is 78.7 Å². The van der Waals surface area contributed by atoms with Gasteiger partial charge in [-0.3, -0.25) is 0 Å². The Morgan fingerprint density at radius 2 is 1.59 bits per heavy atom. The summed E-state index contributed by atoms with van der Waals surface area (Å²) in [5, 5.41) is 8.92. The van der Waals surface area contributed by atoms with Crippen LogP contribution < -0.4 is 0 Å². The van der Waals surface area contributed by atoms with Crippen molar-refractivity contribution < 1.29 is 4.39 Å². The van der Waals surface area contributed by atoms with E-state index in [9.17, 15) is 4.39 Å². The molecular weight excluding hydrogens is 393 g/mol. The standard InChI is InChI=1S/C30H32FN/c1-22(26-5-3-2-4-6-26)19-25-11-9-23(10-12-25)7-8-24-13-15-27(16-14-24)28-17-18-29(21-32)30(31)20-28/h2-6,9-12,17-18,20,22,24,27H,7-8,13-16,19H2,1H3/t22-,24?,27?/m0/s1. The Balaban J connectivity index is 1.23. The maximum absolute atomic E-state index is 14.0. The SMILES string of the molecule is C[C@@H](Cc1ccc(CCC2CCC(c3ccc(C#N)c(F)c3)CC2)cc1)c1ccccc1. The first-order valence-electron chi connectivity index (χ1n) is 11.9. The van der Waals surface area contributed by atoms with Gasteiger partial charge in [-0.25, -0.2) is 4.39 Å². The minimum absolute atomic E-state index is 0.142. The molecule has 2 heteroatoms. The number of benzene rings is 3. The van der Waals surface area contributed by atoms with Crippen LogP contribution in [0, 0.1) is 23.1 Å². The number of hydrogen-bond acceptors (Lipinski definition) is 1. The van der Waals surface area contributed by atoms with Crippen LogP contribution in [-0.2, 0) is 12.8 Å². The second-order valence-electron chi connectivity index (χ2n) is 9.44. The molecular formula is C30H32FN. The number of rotatable bonds is 7. The molecule has 1 aliphatic rings. The number of nitrogens with zero attached hydrogens (tertiary/aromatic N) is 1. The van der Waals surface area contributed by atoms with E-state index in [1.807, 2.05) is 12.1 Å². The fourth-order valence-electron chi connectivity index (χ4n) is 5.13. The molecule has 3 aromatic rings. The van der Waals surface area contributed by atoms with E-state index in [1.54, 1.807) is 12.1 Å². The van der Waals surface area contributed by atoms with Gasteiger partial charge < -0.3 is 0 Å². The summed E-state index contributed by atoms with van der Waals surface area (Å²) < 4.78 is 14.0. The molecule has 1 aliphatic carbocycles. The zero-order chi connectivity index (χ0) is 22.3. The molecule has 164 valence electrons. The van der Waals surface area contributed by atoms with Crippen molar-refractivity contribution >= 4 is 0 Å². The van der Waals surface area contributed by atoms with Gasteiger partial charge in [-0.15, -0.1) is 0 Å². The van der Waals surface area contributed by atoms with Crippen LogP contribution in [0.4, 0.5) is 4.39 Å². The zero-order valence-corrected chi connectivity index (χ0v) is 18.9. The monoisotopic (exact) mass is 425 g/mol. The van der Waals surface area contributed by atoms with Gasteiger partial charge in [0, 0.05) is 0 Å². The molecule has 1 saturated carbocycles. The summed E-state index contributed by atoms with van der Waals surface area (Å²) in [6.07, 6.45) is 8.09. The summed E-state index contributed by atoms with van der Waals surface area (Å²) >= 11 is 0. The Bertz CT molecular complexity index is 1040. The highest BCUT2D eigenvalue weighted by Gasteiger charge is 2.23. The van der Waals surface area contributed by atoms with Gasteiger partial charge in [-0.2, -0.15) is 5.26 Å². The molecule has 1 fully saturated rings. The number of halogens is 1. The lowest BCUT2D eigenvalue weighted by Crippen LogP contribution is -2.14. The second-order valence-corrected chi connectivity index (χ2v) is 9.44. The summed E-state index contributed by atoms with van der Waals surface area (Å²) in [6, 6.07) is 27.0. The summed E-state index contributed by atoms with van der Waals surface area (Å²) in [6.45, 7) is 2.30. The van der Waals surface area contributed by atoms with E-state index < -0.39 is 0 Å². The first kappa shape index (κ1) is 22.3. The number of nitriles is 1. The Hall–Kier alpha value is -2.92. The van der Waals surface area contributed by atoms with Crippen molar-refractivity contribution in [2.24, 2.45) is 5.92 Å². The van der Waals surface area contributed by atoms with Gasteiger partial charge in [0.15, 0.2) is 0 Å². The molecule has 0 aliphatic heterocycles. The Morgan fingerprint density at radius 3 is 2.25 bits per heavy atom. The van der Waals surface area contributed by atoms with Crippen LogP contribution >= 0.6 is 0 Å². The fraction of sp³-hybridized carbons (Fsp3) is 0.367. The van der Waals surface area contributed by atoms with E-state index in [2.05, 4.69) is 61.5 Å². The van der Waals surface area contributed by atoms with Gasteiger partial charge in [0.2, 0.25) is 0 Å². The van der Waals surface area contributed by atoms with Crippen molar-refractivity contribution in [1.82, 2.24) is 0 Å². The van der Waals surface area contributed by atoms with Crippen LogP contribution in [0.15, 0.2) is 72.8 Å². The smallest absolute Gasteiger partial charge is 0.141 e. The van der Waals surface area contributed by atoms with Gasteiger partial charge in [0.25, 0.3) is 0 Å². The van der Waals surface area contributed by atoms with Gasteiger partial charge in [0.05, 0.1) is 5.56 Å². The molecule has 1 nitrogen and oxygen atoms in total. The third-order valence-corrected chi connectivity index (χ3v) is 7.21. The van der Waals surface area contributed by atoms with Gasteiger partial charge in [-0.05, 0) is 97.1 Å². The van der Waals surface area contributed by atoms with Crippen LogP contribution in [0.25, 0.3) is 0 Å². The summed E-state index contributed by atoms with van der Waals surface area (Å²) in [5.41, 5.74) is 5.43. The highest BCUT2D eigenvalue weighted by molar-refractivity contribution is 5.35. The lowest BCUT2D eigenvalue weighted by Gasteiger charge is -2.29. The molecule has 0 aromatic heterocycles. The summed E-state index contributed by atoms with van der Waals surface area (Å²) in [4.78, 5) is 0. The Kier molecular flexibility index (Phi) is 7.38. The molecule has 0 saturated heterocycles. The van der Waals surface area contributed by atoms with Crippen LogP contribution in [0.5, 0.6) is 0 Å². The van der Waals surface area contributed by atoms with Crippen molar-refractivity contribution in [3.8, 4) is 6.07 Å². The third kappa shape index (κ3) is 5.65. The first-order valence-corrected chi connectivity index (χ1v) is 11.9. The Labute approximate surface area is 191 Å². The molecule has 0 bridgehead atoms. The highest BCUT2D eigenvalue weighted by atomic mass is 19.1. The van der Waals surface area contributed by atoms with Gasteiger partial charge in [0.1, 0.15) is 11.9 Å². The van der Waals surface area contributed by atoms with Crippen LogP contribution in [0.2, 0.25) is 0 Å². The molecule has 0 unspecified atom stereocenters. The minimum atomic E-state index is -0.381. The summed E-state index contributed by atoms with van der Waals surface area (Å²) in [5.74, 6) is 1.34. The maximum atomic E-state index is 14.0. The lowest BCUT2D eigenvalue weighted by molar-refractivity contribution is 0.310. The minimum Gasteiger partial charge on any atom is -0.206 e. The van der Waals surface area contributed by atoms with Crippen molar-refractivity contribution in [2.45, 2.75) is 63.7 Å². The van der Waals surface area contributed by atoms with Crippen molar-refractivity contribution in [2.75, 3.05) is 0 Å².